The highest BCUT2D eigenvalue weighted by Gasteiger charge is 2.12. The van der Waals surface area contributed by atoms with Crippen LogP contribution in [0.3, 0.4) is 0 Å². The van der Waals surface area contributed by atoms with Gasteiger partial charge in [-0.3, -0.25) is 4.79 Å². The molecular formula is C24H25NO2. The van der Waals surface area contributed by atoms with Gasteiger partial charge < -0.3 is 10.1 Å². The molecule has 138 valence electrons. The molecule has 0 aromatic heterocycles. The summed E-state index contributed by atoms with van der Waals surface area (Å²) in [5, 5.41) is 5.37. The van der Waals surface area contributed by atoms with Crippen LogP contribution >= 0.6 is 0 Å². The summed E-state index contributed by atoms with van der Waals surface area (Å²) in [6.07, 6.45) is 4.74. The molecule has 0 aliphatic rings. The molecule has 0 heterocycles. The van der Waals surface area contributed by atoms with Crippen LogP contribution in [0.4, 0.5) is 5.69 Å². The maximum Gasteiger partial charge on any atom is 0.251 e. The van der Waals surface area contributed by atoms with E-state index in [2.05, 4.69) is 42.6 Å². The molecule has 1 N–H and O–H groups in total. The van der Waals surface area contributed by atoms with Crippen molar-refractivity contribution in [1.82, 2.24) is 0 Å². The Morgan fingerprint density at radius 3 is 2.52 bits per heavy atom. The second-order valence-corrected chi connectivity index (χ2v) is 6.53. The molecule has 0 radical (unpaired) electrons. The Morgan fingerprint density at radius 1 is 1.00 bits per heavy atom. The lowest BCUT2D eigenvalue weighted by molar-refractivity contribution is -0.112. The number of benzene rings is 3. The zero-order chi connectivity index (χ0) is 19.1. The summed E-state index contributed by atoms with van der Waals surface area (Å²) in [6.45, 7) is 2.13. The fraction of sp³-hybridized carbons (Fsp3) is 0.208. The van der Waals surface area contributed by atoms with Gasteiger partial charge in [-0.05, 0) is 53.5 Å². The molecule has 3 rings (SSSR count). The third-order valence-electron chi connectivity index (χ3n) is 4.56. The van der Waals surface area contributed by atoms with Crippen molar-refractivity contribution in [2.45, 2.75) is 26.2 Å². The lowest BCUT2D eigenvalue weighted by atomic mass is 10.0. The van der Waals surface area contributed by atoms with E-state index in [1.807, 2.05) is 42.5 Å². The van der Waals surface area contributed by atoms with E-state index in [4.69, 9.17) is 4.74 Å². The maximum absolute atomic E-state index is 12.9. The van der Waals surface area contributed by atoms with Crippen molar-refractivity contribution in [3.05, 3.63) is 77.9 Å². The molecule has 0 bridgehead atoms. The van der Waals surface area contributed by atoms with Crippen molar-refractivity contribution in [1.29, 1.82) is 0 Å². The first kappa shape index (κ1) is 18.7. The molecule has 0 spiro atoms. The summed E-state index contributed by atoms with van der Waals surface area (Å²) in [7, 11) is 1.61. The molecule has 0 aliphatic carbocycles. The minimum Gasteiger partial charge on any atom is -0.495 e. The minimum atomic E-state index is -0.0823. The van der Waals surface area contributed by atoms with Crippen molar-refractivity contribution in [2.24, 2.45) is 0 Å². The average Bonchev–Trinajstić information content (AvgIpc) is 2.71. The second-order valence-electron chi connectivity index (χ2n) is 6.53. The van der Waals surface area contributed by atoms with Crippen molar-refractivity contribution in [2.75, 3.05) is 12.4 Å². The van der Waals surface area contributed by atoms with Gasteiger partial charge in [0.25, 0.3) is 5.91 Å². The number of hydrogen-bond acceptors (Lipinski definition) is 2. The van der Waals surface area contributed by atoms with E-state index in [9.17, 15) is 4.79 Å². The van der Waals surface area contributed by atoms with Crippen LogP contribution in [-0.4, -0.2) is 13.0 Å². The number of hydrogen-bond donors (Lipinski definition) is 1. The number of fused-ring (bicyclic) bond motifs is 1. The fourth-order valence-electron chi connectivity index (χ4n) is 3.07. The predicted molar refractivity (Wildman–Crippen MR) is 113 cm³/mol. The largest absolute Gasteiger partial charge is 0.495 e. The standard InChI is InChI=1S/C24H25NO2/c1-3-4-9-21(24(26)25-22-12-7-8-13-23(22)27-2)17-18-14-15-19-10-5-6-11-20(19)16-18/h5-8,10-17H,3-4,9H2,1-2H3,(H,25,26)/b21-17+. The molecule has 3 heteroatoms. The number of amides is 1. The van der Waals surface area contributed by atoms with Gasteiger partial charge in [-0.1, -0.05) is 61.9 Å². The second kappa shape index (κ2) is 9.04. The Kier molecular flexibility index (Phi) is 6.26. The van der Waals surface area contributed by atoms with E-state index in [0.717, 1.165) is 30.4 Å². The van der Waals surface area contributed by atoms with Crippen LogP contribution in [0.25, 0.3) is 16.8 Å². The van der Waals surface area contributed by atoms with Gasteiger partial charge in [-0.25, -0.2) is 0 Å². The van der Waals surface area contributed by atoms with Crippen LogP contribution in [0.1, 0.15) is 31.7 Å². The number of unbranched alkanes of at least 4 members (excludes halogenated alkanes) is 1. The molecule has 0 atom stereocenters. The fourth-order valence-corrected chi connectivity index (χ4v) is 3.07. The minimum absolute atomic E-state index is 0.0823. The first-order valence-corrected chi connectivity index (χ1v) is 9.35. The summed E-state index contributed by atoms with van der Waals surface area (Å²) in [4.78, 5) is 12.9. The number of para-hydroxylation sites is 2. The molecular weight excluding hydrogens is 334 g/mol. The molecule has 0 saturated carbocycles. The Morgan fingerprint density at radius 2 is 1.74 bits per heavy atom. The van der Waals surface area contributed by atoms with E-state index in [1.54, 1.807) is 7.11 Å². The predicted octanol–water partition coefficient (Wildman–Crippen LogP) is 6.06. The molecule has 1 amide bonds. The topological polar surface area (TPSA) is 38.3 Å². The Hall–Kier alpha value is -3.07. The van der Waals surface area contributed by atoms with Crippen LogP contribution in [0.5, 0.6) is 5.75 Å². The van der Waals surface area contributed by atoms with Crippen molar-refractivity contribution < 1.29 is 9.53 Å². The Labute approximate surface area is 160 Å². The number of ether oxygens (including phenoxy) is 1. The highest BCUT2D eigenvalue weighted by Crippen LogP contribution is 2.25. The van der Waals surface area contributed by atoms with Gasteiger partial charge in [0, 0.05) is 5.57 Å². The molecule has 3 nitrogen and oxygen atoms in total. The lowest BCUT2D eigenvalue weighted by Crippen LogP contribution is -2.15. The van der Waals surface area contributed by atoms with Crippen molar-refractivity contribution in [3.63, 3.8) is 0 Å². The van der Waals surface area contributed by atoms with Gasteiger partial charge in [-0.15, -0.1) is 0 Å². The Balaban J connectivity index is 1.89. The molecule has 27 heavy (non-hydrogen) atoms. The first-order chi connectivity index (χ1) is 13.2. The SMILES string of the molecule is CCCC/C(=C\c1ccc2ccccc2c1)C(=O)Nc1ccccc1OC. The van der Waals surface area contributed by atoms with Gasteiger partial charge in [0.15, 0.2) is 0 Å². The van der Waals surface area contributed by atoms with Gasteiger partial charge in [0.2, 0.25) is 0 Å². The van der Waals surface area contributed by atoms with E-state index in [0.29, 0.717) is 11.4 Å². The summed E-state index contributed by atoms with van der Waals surface area (Å²) in [6, 6.07) is 22.0. The lowest BCUT2D eigenvalue weighted by Gasteiger charge is -2.12. The third kappa shape index (κ3) is 4.76. The van der Waals surface area contributed by atoms with Gasteiger partial charge in [0.05, 0.1) is 12.8 Å². The number of rotatable bonds is 7. The summed E-state index contributed by atoms with van der Waals surface area (Å²) in [5.41, 5.74) is 2.50. The molecule has 3 aromatic carbocycles. The number of carbonyl (C=O) groups excluding carboxylic acids is 1. The number of carbonyl (C=O) groups is 1. The number of anilines is 1. The molecule has 0 unspecified atom stereocenters. The number of methoxy groups -OCH3 is 1. The van der Waals surface area contributed by atoms with Crippen LogP contribution in [0, 0.1) is 0 Å². The zero-order valence-corrected chi connectivity index (χ0v) is 15.9. The van der Waals surface area contributed by atoms with Crippen LogP contribution < -0.4 is 10.1 Å². The van der Waals surface area contributed by atoms with E-state index in [-0.39, 0.29) is 5.91 Å². The number of nitrogens with one attached hydrogen (secondary N) is 1. The molecule has 3 aromatic rings. The van der Waals surface area contributed by atoms with Crippen molar-refractivity contribution >= 4 is 28.4 Å². The Bertz CT molecular complexity index is 959. The zero-order valence-electron chi connectivity index (χ0n) is 15.9. The summed E-state index contributed by atoms with van der Waals surface area (Å²) in [5.74, 6) is 0.576. The maximum atomic E-state index is 12.9. The summed E-state index contributed by atoms with van der Waals surface area (Å²) >= 11 is 0. The summed E-state index contributed by atoms with van der Waals surface area (Å²) < 4.78 is 5.34. The van der Waals surface area contributed by atoms with Crippen LogP contribution in [0.15, 0.2) is 72.3 Å². The highest BCUT2D eigenvalue weighted by molar-refractivity contribution is 6.07. The van der Waals surface area contributed by atoms with Crippen LogP contribution in [-0.2, 0) is 4.79 Å². The van der Waals surface area contributed by atoms with E-state index < -0.39 is 0 Å². The van der Waals surface area contributed by atoms with Crippen molar-refractivity contribution in [3.8, 4) is 5.75 Å². The quantitative estimate of drug-likeness (QED) is 0.521. The van der Waals surface area contributed by atoms with Gasteiger partial charge in [-0.2, -0.15) is 0 Å². The highest BCUT2D eigenvalue weighted by atomic mass is 16.5. The average molecular weight is 359 g/mol. The van der Waals surface area contributed by atoms with Crippen LogP contribution in [0.2, 0.25) is 0 Å². The monoisotopic (exact) mass is 359 g/mol. The smallest absolute Gasteiger partial charge is 0.251 e. The van der Waals surface area contributed by atoms with Gasteiger partial charge >= 0.3 is 0 Å². The van der Waals surface area contributed by atoms with Gasteiger partial charge in [0.1, 0.15) is 5.75 Å². The molecule has 0 saturated heterocycles. The van der Waals surface area contributed by atoms with E-state index >= 15 is 0 Å². The molecule has 0 aliphatic heterocycles. The normalized spacial score (nSPS) is 11.4. The van der Waals surface area contributed by atoms with E-state index in [1.165, 1.54) is 10.8 Å². The third-order valence-corrected chi connectivity index (χ3v) is 4.56. The first-order valence-electron chi connectivity index (χ1n) is 9.35. The molecule has 0 fully saturated rings.